The van der Waals surface area contributed by atoms with Gasteiger partial charge in [-0.15, -0.1) is 0 Å². The molecule has 0 amide bonds. The first-order chi connectivity index (χ1) is 13.0. The summed E-state index contributed by atoms with van der Waals surface area (Å²) >= 11 is 6.10. The zero-order valence-corrected chi connectivity index (χ0v) is 16.3. The molecule has 0 radical (unpaired) electrons. The summed E-state index contributed by atoms with van der Waals surface area (Å²) in [5.74, 6) is 1.24. The number of ether oxygens (including phenoxy) is 1. The van der Waals surface area contributed by atoms with E-state index in [1.54, 1.807) is 13.2 Å². The van der Waals surface area contributed by atoms with Crippen molar-refractivity contribution >= 4 is 23.0 Å². The van der Waals surface area contributed by atoms with Crippen LogP contribution in [0.25, 0.3) is 16.7 Å². The molecule has 0 aromatic heterocycles. The van der Waals surface area contributed by atoms with Gasteiger partial charge in [-0.25, -0.2) is 0 Å². The number of carbonyl (C=O) groups excluding carboxylic acids is 1. The van der Waals surface area contributed by atoms with Crippen molar-refractivity contribution in [2.75, 3.05) is 7.11 Å². The number of rotatable bonds is 4. The molecular weight excluding hydrogens is 360 g/mol. The van der Waals surface area contributed by atoms with Crippen molar-refractivity contribution in [3.05, 3.63) is 58.3 Å². The fraction of sp³-hybridized carbons (Fsp3) is 0.348. The Balaban J connectivity index is 1.88. The number of ketones is 1. The molecule has 0 spiro atoms. The molecule has 0 heterocycles. The molecular formula is C23H23ClO3. The van der Waals surface area contributed by atoms with Gasteiger partial charge in [0.1, 0.15) is 11.5 Å². The number of halogens is 1. The van der Waals surface area contributed by atoms with Gasteiger partial charge in [-0.2, -0.15) is 0 Å². The summed E-state index contributed by atoms with van der Waals surface area (Å²) in [6, 6.07) is 11.6. The molecule has 2 aliphatic rings. The van der Waals surface area contributed by atoms with Crippen molar-refractivity contribution in [2.24, 2.45) is 11.8 Å². The van der Waals surface area contributed by atoms with Gasteiger partial charge in [-0.1, -0.05) is 30.7 Å². The molecule has 1 saturated carbocycles. The van der Waals surface area contributed by atoms with Crippen LogP contribution in [0, 0.1) is 11.8 Å². The van der Waals surface area contributed by atoms with Crippen molar-refractivity contribution in [3.63, 3.8) is 0 Å². The number of benzene rings is 2. The van der Waals surface area contributed by atoms with E-state index in [0.717, 1.165) is 47.9 Å². The fourth-order valence-corrected chi connectivity index (χ4v) is 4.62. The van der Waals surface area contributed by atoms with Crippen LogP contribution in [0.2, 0.25) is 5.02 Å². The lowest BCUT2D eigenvalue weighted by Gasteiger charge is -2.24. The number of Topliss-reactive ketones (excluding diaryl/α,β-unsaturated/α-hetero) is 1. The Labute approximate surface area is 164 Å². The topological polar surface area (TPSA) is 46.5 Å². The van der Waals surface area contributed by atoms with Crippen molar-refractivity contribution in [1.29, 1.82) is 0 Å². The molecule has 3 nitrogen and oxygen atoms in total. The maximum Gasteiger partial charge on any atom is 0.169 e. The normalized spacial score (nSPS) is 21.7. The zero-order chi connectivity index (χ0) is 19.1. The summed E-state index contributed by atoms with van der Waals surface area (Å²) in [6.07, 6.45) is 3.37. The molecule has 1 fully saturated rings. The number of allylic oxidation sites excluding steroid dienone is 2. The average molecular weight is 383 g/mol. The van der Waals surface area contributed by atoms with Crippen LogP contribution >= 0.6 is 11.6 Å². The van der Waals surface area contributed by atoms with Crippen LogP contribution in [-0.2, 0) is 11.2 Å². The highest BCUT2D eigenvalue weighted by Crippen LogP contribution is 2.46. The van der Waals surface area contributed by atoms with Crippen molar-refractivity contribution in [1.82, 2.24) is 0 Å². The number of carbonyl (C=O) groups is 1. The van der Waals surface area contributed by atoms with E-state index >= 15 is 0 Å². The second kappa shape index (κ2) is 7.05. The summed E-state index contributed by atoms with van der Waals surface area (Å²) in [5.41, 5.74) is 4.31. The largest absolute Gasteiger partial charge is 0.511 e. The van der Waals surface area contributed by atoms with Crippen LogP contribution in [0.15, 0.2) is 42.2 Å². The van der Waals surface area contributed by atoms with Crippen LogP contribution in [0.4, 0.5) is 0 Å². The molecule has 4 heteroatoms. The van der Waals surface area contributed by atoms with Crippen LogP contribution in [0.5, 0.6) is 5.75 Å². The third-order valence-corrected chi connectivity index (χ3v) is 6.16. The van der Waals surface area contributed by atoms with Crippen LogP contribution < -0.4 is 4.74 Å². The third kappa shape index (κ3) is 3.04. The number of hydrogen-bond acceptors (Lipinski definition) is 3. The highest BCUT2D eigenvalue weighted by molar-refractivity contribution is 6.30. The predicted octanol–water partition coefficient (Wildman–Crippen LogP) is 5.85. The van der Waals surface area contributed by atoms with Crippen molar-refractivity contribution < 1.29 is 14.6 Å². The number of fused-ring (bicyclic) bond motifs is 2. The predicted molar refractivity (Wildman–Crippen MR) is 108 cm³/mol. The summed E-state index contributed by atoms with van der Waals surface area (Å²) < 4.78 is 5.50. The monoisotopic (exact) mass is 382 g/mol. The lowest BCUT2D eigenvalue weighted by Crippen LogP contribution is -2.22. The van der Waals surface area contributed by atoms with Crippen molar-refractivity contribution in [2.45, 2.75) is 32.6 Å². The Bertz CT molecular complexity index is 945. The quantitative estimate of drug-likeness (QED) is 0.721. The SMILES string of the molecule is CCc1ccc(-c2ccc(Cl)cc2OC)cc1C1=C(O)[C@H]2CC[C@H](C2)C1=O. The first-order valence-corrected chi connectivity index (χ1v) is 9.85. The van der Waals surface area contributed by atoms with E-state index in [9.17, 15) is 9.90 Å². The molecule has 1 N–H and O–H groups in total. The van der Waals surface area contributed by atoms with E-state index in [-0.39, 0.29) is 23.4 Å². The summed E-state index contributed by atoms with van der Waals surface area (Å²) in [5, 5.41) is 11.4. The minimum atomic E-state index is 0.0549. The Hall–Kier alpha value is -2.26. The number of aryl methyl sites for hydroxylation is 1. The zero-order valence-electron chi connectivity index (χ0n) is 15.6. The molecule has 0 saturated heterocycles. The van der Waals surface area contributed by atoms with E-state index < -0.39 is 0 Å². The molecule has 0 unspecified atom stereocenters. The van der Waals surface area contributed by atoms with E-state index in [4.69, 9.17) is 16.3 Å². The van der Waals surface area contributed by atoms with Gasteiger partial charge in [0.25, 0.3) is 0 Å². The first-order valence-electron chi connectivity index (χ1n) is 9.48. The molecule has 0 aliphatic heterocycles. The molecule has 2 aliphatic carbocycles. The van der Waals surface area contributed by atoms with Gasteiger partial charge in [0.15, 0.2) is 5.78 Å². The van der Waals surface area contributed by atoms with Crippen molar-refractivity contribution in [3.8, 4) is 16.9 Å². The van der Waals surface area contributed by atoms with Crippen LogP contribution in [-0.4, -0.2) is 18.0 Å². The maximum absolute atomic E-state index is 13.0. The molecule has 27 heavy (non-hydrogen) atoms. The minimum absolute atomic E-state index is 0.0549. The smallest absolute Gasteiger partial charge is 0.169 e. The molecule has 2 bridgehead atoms. The Morgan fingerprint density at radius 1 is 1.11 bits per heavy atom. The van der Waals surface area contributed by atoms with E-state index in [1.165, 1.54) is 0 Å². The minimum Gasteiger partial charge on any atom is -0.511 e. The molecule has 2 atom stereocenters. The summed E-state index contributed by atoms with van der Waals surface area (Å²) in [4.78, 5) is 13.0. The first kappa shape index (κ1) is 18.1. The lowest BCUT2D eigenvalue weighted by molar-refractivity contribution is -0.117. The van der Waals surface area contributed by atoms with Gasteiger partial charge in [-0.05, 0) is 66.6 Å². The summed E-state index contributed by atoms with van der Waals surface area (Å²) in [7, 11) is 1.62. The molecule has 140 valence electrons. The second-order valence-corrected chi connectivity index (χ2v) is 7.84. The molecule has 4 rings (SSSR count). The van der Waals surface area contributed by atoms with Crippen LogP contribution in [0.1, 0.15) is 37.3 Å². The number of aliphatic hydroxyl groups excluding tert-OH is 1. The van der Waals surface area contributed by atoms with Gasteiger partial charge in [-0.3, -0.25) is 4.79 Å². The van der Waals surface area contributed by atoms with E-state index in [0.29, 0.717) is 16.3 Å². The summed E-state index contributed by atoms with van der Waals surface area (Å²) in [6.45, 7) is 2.07. The van der Waals surface area contributed by atoms with Gasteiger partial charge in [0.2, 0.25) is 0 Å². The number of hydrogen-bond donors (Lipinski definition) is 1. The number of methoxy groups -OCH3 is 1. The van der Waals surface area contributed by atoms with Gasteiger partial charge >= 0.3 is 0 Å². The Kier molecular flexibility index (Phi) is 4.73. The highest BCUT2D eigenvalue weighted by Gasteiger charge is 2.41. The van der Waals surface area contributed by atoms with Gasteiger partial charge in [0, 0.05) is 22.4 Å². The van der Waals surface area contributed by atoms with Gasteiger partial charge in [0.05, 0.1) is 12.7 Å². The Morgan fingerprint density at radius 3 is 2.63 bits per heavy atom. The molecule has 2 aromatic carbocycles. The van der Waals surface area contributed by atoms with Gasteiger partial charge < -0.3 is 9.84 Å². The number of aliphatic hydroxyl groups is 1. The maximum atomic E-state index is 13.0. The third-order valence-electron chi connectivity index (χ3n) is 5.93. The Morgan fingerprint density at radius 2 is 1.89 bits per heavy atom. The lowest BCUT2D eigenvalue weighted by atomic mass is 9.81. The molecule has 2 aromatic rings. The standard InChI is InChI=1S/C23H23ClO3/c1-3-13-4-5-14(18-9-8-17(24)12-20(18)27-2)11-19(13)21-22(25)15-6-7-16(10-15)23(21)26/h4-5,8-9,11-12,15-16,25H,3,6-7,10H2,1-2H3/t15-,16+/m0/s1. The van der Waals surface area contributed by atoms with E-state index in [2.05, 4.69) is 6.92 Å². The fourth-order valence-electron chi connectivity index (χ4n) is 4.46. The average Bonchev–Trinajstić information content (AvgIpc) is 3.14. The highest BCUT2D eigenvalue weighted by atomic mass is 35.5. The van der Waals surface area contributed by atoms with E-state index in [1.807, 2.05) is 30.3 Å². The second-order valence-electron chi connectivity index (χ2n) is 7.40. The van der Waals surface area contributed by atoms with Crippen LogP contribution in [0.3, 0.4) is 0 Å².